The number of nitrogens with zero attached hydrogens (tertiary/aromatic N) is 1. The summed E-state index contributed by atoms with van der Waals surface area (Å²) >= 11 is 0. The van der Waals surface area contributed by atoms with E-state index in [0.29, 0.717) is 5.56 Å². The molecule has 0 spiro atoms. The van der Waals surface area contributed by atoms with Crippen molar-refractivity contribution < 1.29 is 10.0 Å². The molecule has 4 heteroatoms. The molecule has 0 radical (unpaired) electrons. The molecule has 0 bridgehead atoms. The number of carbonyl (C=O) groups excluding carboxylic acids is 1. The summed E-state index contributed by atoms with van der Waals surface area (Å²) in [5.41, 5.74) is 0.493. The van der Waals surface area contributed by atoms with Crippen molar-refractivity contribution in [2.45, 2.75) is 19.5 Å². The number of hydrogen-bond acceptors (Lipinski definition) is 3. The highest BCUT2D eigenvalue weighted by Crippen LogP contribution is 2.28. The highest BCUT2D eigenvalue weighted by molar-refractivity contribution is 6.01. The molecule has 0 unspecified atom stereocenters. The Balaban J connectivity index is 2.54. The van der Waals surface area contributed by atoms with Crippen LogP contribution in [-0.4, -0.2) is 21.8 Å². The average Bonchev–Trinajstić information content (AvgIpc) is 2.14. The summed E-state index contributed by atoms with van der Waals surface area (Å²) < 4.78 is 0. The molecule has 2 rings (SSSR count). The van der Waals surface area contributed by atoms with Crippen LogP contribution in [0.3, 0.4) is 0 Å². The fourth-order valence-corrected chi connectivity index (χ4v) is 1.53. The van der Waals surface area contributed by atoms with Crippen LogP contribution in [0.15, 0.2) is 24.3 Å². The number of anilines is 1. The summed E-state index contributed by atoms with van der Waals surface area (Å²) in [5.74, 6) is -0.371. The molecule has 1 amide bonds. The highest BCUT2D eigenvalue weighted by atomic mass is 16.5. The number of nitrogens with one attached hydrogen (secondary N) is 1. The van der Waals surface area contributed by atoms with Gasteiger partial charge in [-0.25, -0.2) is 0 Å². The maximum Gasteiger partial charge on any atom is 0.281 e. The molecule has 0 saturated heterocycles. The molecule has 1 heterocycles. The van der Waals surface area contributed by atoms with E-state index in [4.69, 9.17) is 0 Å². The molecule has 1 aliphatic rings. The van der Waals surface area contributed by atoms with Gasteiger partial charge in [0.15, 0.2) is 0 Å². The second-order valence-electron chi connectivity index (χ2n) is 3.85. The molecule has 1 aromatic rings. The van der Waals surface area contributed by atoms with Gasteiger partial charge in [-0.1, -0.05) is 12.1 Å². The van der Waals surface area contributed by atoms with Crippen LogP contribution in [0.5, 0.6) is 0 Å². The third kappa shape index (κ3) is 1.15. The molecule has 0 aliphatic carbocycles. The second-order valence-corrected chi connectivity index (χ2v) is 3.85. The van der Waals surface area contributed by atoms with Crippen molar-refractivity contribution in [3.63, 3.8) is 0 Å². The van der Waals surface area contributed by atoms with Gasteiger partial charge in [0, 0.05) is 5.69 Å². The predicted octanol–water partition coefficient (Wildman–Crippen LogP) is 1.68. The zero-order chi connectivity index (χ0) is 10.3. The number of hydrogen-bond donors (Lipinski definition) is 2. The number of para-hydroxylation sites is 1. The fraction of sp³-hybridized carbons (Fsp3) is 0.300. The quantitative estimate of drug-likeness (QED) is 0.615. The van der Waals surface area contributed by atoms with Crippen LogP contribution >= 0.6 is 0 Å². The number of amides is 1. The molecule has 14 heavy (non-hydrogen) atoms. The van der Waals surface area contributed by atoms with Crippen LogP contribution < -0.4 is 5.32 Å². The Morgan fingerprint density at radius 2 is 2.00 bits per heavy atom. The van der Waals surface area contributed by atoms with Gasteiger partial charge in [0.2, 0.25) is 0 Å². The minimum atomic E-state index is -0.758. The summed E-state index contributed by atoms with van der Waals surface area (Å²) in [4.78, 5) is 11.7. The van der Waals surface area contributed by atoms with Gasteiger partial charge >= 0.3 is 0 Å². The smallest absolute Gasteiger partial charge is 0.281 e. The third-order valence-electron chi connectivity index (χ3n) is 2.32. The molecule has 0 aromatic heterocycles. The summed E-state index contributed by atoms with van der Waals surface area (Å²) in [5, 5.41) is 13.4. The van der Waals surface area contributed by atoms with Gasteiger partial charge in [0.1, 0.15) is 5.66 Å². The lowest BCUT2D eigenvalue weighted by molar-refractivity contribution is -0.113. The standard InChI is InChI=1S/C10H12N2O2/c1-10(2)11-8-6-4-3-5-7(8)9(13)12(10)14/h3-6,11,14H,1-2H3. The molecule has 1 aromatic carbocycles. The van der Waals surface area contributed by atoms with E-state index >= 15 is 0 Å². The highest BCUT2D eigenvalue weighted by Gasteiger charge is 2.36. The van der Waals surface area contributed by atoms with Crippen LogP contribution in [0.1, 0.15) is 24.2 Å². The van der Waals surface area contributed by atoms with Crippen molar-refractivity contribution in [2.24, 2.45) is 0 Å². The first kappa shape index (κ1) is 9.02. The van der Waals surface area contributed by atoms with Crippen molar-refractivity contribution in [3.8, 4) is 0 Å². The van der Waals surface area contributed by atoms with Gasteiger partial charge in [-0.2, -0.15) is 5.06 Å². The van der Waals surface area contributed by atoms with Gasteiger partial charge in [0.05, 0.1) is 5.56 Å². The van der Waals surface area contributed by atoms with E-state index in [1.54, 1.807) is 26.0 Å². The molecule has 0 atom stereocenters. The maximum atomic E-state index is 11.7. The van der Waals surface area contributed by atoms with E-state index in [1.165, 1.54) is 0 Å². The SMILES string of the molecule is CC1(C)Nc2ccccc2C(=O)N1O. The van der Waals surface area contributed by atoms with E-state index in [0.717, 1.165) is 10.8 Å². The molecule has 74 valence electrons. The Bertz CT molecular complexity index is 387. The molecule has 4 nitrogen and oxygen atoms in total. The van der Waals surface area contributed by atoms with E-state index in [-0.39, 0.29) is 5.91 Å². The van der Waals surface area contributed by atoms with Crippen LogP contribution in [0.2, 0.25) is 0 Å². The lowest BCUT2D eigenvalue weighted by Gasteiger charge is -2.39. The lowest BCUT2D eigenvalue weighted by atomic mass is 10.0. The van der Waals surface area contributed by atoms with Crippen molar-refractivity contribution in [1.29, 1.82) is 0 Å². The maximum absolute atomic E-state index is 11.7. The van der Waals surface area contributed by atoms with Crippen LogP contribution in [0, 0.1) is 0 Å². The van der Waals surface area contributed by atoms with E-state index < -0.39 is 5.66 Å². The number of benzene rings is 1. The first-order valence-corrected chi connectivity index (χ1v) is 4.43. The molecule has 2 N–H and O–H groups in total. The molecular weight excluding hydrogens is 180 g/mol. The van der Waals surface area contributed by atoms with Gasteiger partial charge in [-0.15, -0.1) is 0 Å². The summed E-state index contributed by atoms with van der Waals surface area (Å²) in [6.45, 7) is 3.47. The summed E-state index contributed by atoms with van der Waals surface area (Å²) in [7, 11) is 0. The van der Waals surface area contributed by atoms with E-state index in [2.05, 4.69) is 5.32 Å². The monoisotopic (exact) mass is 192 g/mol. The third-order valence-corrected chi connectivity index (χ3v) is 2.32. The van der Waals surface area contributed by atoms with Gasteiger partial charge in [0.25, 0.3) is 5.91 Å². The molecule has 1 aliphatic heterocycles. The number of fused-ring (bicyclic) bond motifs is 1. The van der Waals surface area contributed by atoms with Crippen molar-refractivity contribution in [3.05, 3.63) is 29.8 Å². The van der Waals surface area contributed by atoms with Crippen LogP contribution in [-0.2, 0) is 0 Å². The normalized spacial score (nSPS) is 18.8. The number of carbonyl (C=O) groups is 1. The summed E-state index contributed by atoms with van der Waals surface area (Å²) in [6.07, 6.45) is 0. The average molecular weight is 192 g/mol. The van der Waals surface area contributed by atoms with Crippen molar-refractivity contribution >= 4 is 11.6 Å². The first-order valence-electron chi connectivity index (χ1n) is 4.43. The minimum Gasteiger partial charge on any atom is -0.361 e. The van der Waals surface area contributed by atoms with Crippen LogP contribution in [0.4, 0.5) is 5.69 Å². The lowest BCUT2D eigenvalue weighted by Crippen LogP contribution is -2.54. The molecule has 0 fully saturated rings. The van der Waals surface area contributed by atoms with Gasteiger partial charge in [-0.3, -0.25) is 10.0 Å². The minimum absolute atomic E-state index is 0.371. The summed E-state index contributed by atoms with van der Waals surface area (Å²) in [6, 6.07) is 7.12. The fourth-order valence-electron chi connectivity index (χ4n) is 1.53. The second kappa shape index (κ2) is 2.72. The first-order chi connectivity index (χ1) is 6.52. The Morgan fingerprint density at radius 3 is 2.71 bits per heavy atom. The van der Waals surface area contributed by atoms with Gasteiger partial charge < -0.3 is 5.32 Å². The Hall–Kier alpha value is -1.55. The van der Waals surface area contributed by atoms with Gasteiger partial charge in [-0.05, 0) is 26.0 Å². The molecular formula is C10H12N2O2. The largest absolute Gasteiger partial charge is 0.361 e. The Morgan fingerprint density at radius 1 is 1.36 bits per heavy atom. The molecule has 0 saturated carbocycles. The van der Waals surface area contributed by atoms with E-state index in [9.17, 15) is 10.0 Å². The number of rotatable bonds is 0. The van der Waals surface area contributed by atoms with Crippen molar-refractivity contribution in [1.82, 2.24) is 5.06 Å². The number of hydroxylamine groups is 2. The predicted molar refractivity (Wildman–Crippen MR) is 52.1 cm³/mol. The van der Waals surface area contributed by atoms with Crippen molar-refractivity contribution in [2.75, 3.05) is 5.32 Å². The zero-order valence-corrected chi connectivity index (χ0v) is 8.11. The van der Waals surface area contributed by atoms with Crippen LogP contribution in [0.25, 0.3) is 0 Å². The van der Waals surface area contributed by atoms with E-state index in [1.807, 2.05) is 12.1 Å². The zero-order valence-electron chi connectivity index (χ0n) is 8.11. The topological polar surface area (TPSA) is 52.6 Å². The Kier molecular flexibility index (Phi) is 1.75. The Labute approximate surface area is 82.1 Å².